The molecule has 5 heteroatoms. The number of thioether (sulfide) groups is 1. The summed E-state index contributed by atoms with van der Waals surface area (Å²) in [5.41, 5.74) is -0.452. The van der Waals surface area contributed by atoms with E-state index in [0.29, 0.717) is 23.2 Å². The van der Waals surface area contributed by atoms with Crippen LogP contribution in [0.3, 0.4) is 0 Å². The maximum atomic E-state index is 12.4. The fourth-order valence-corrected chi connectivity index (χ4v) is 4.97. The van der Waals surface area contributed by atoms with Crippen molar-refractivity contribution < 1.29 is 14.3 Å². The molecule has 0 aromatic rings. The van der Waals surface area contributed by atoms with Crippen LogP contribution < -0.4 is 5.32 Å². The van der Waals surface area contributed by atoms with Crippen molar-refractivity contribution >= 4 is 17.7 Å². The molecule has 0 amide bonds. The molecule has 1 aliphatic carbocycles. The normalized spacial score (nSPS) is 36.0. The summed E-state index contributed by atoms with van der Waals surface area (Å²) in [5.74, 6) is -0.0581. The molecule has 0 bridgehead atoms. The van der Waals surface area contributed by atoms with Crippen molar-refractivity contribution in [1.29, 1.82) is 0 Å². The van der Waals surface area contributed by atoms with Gasteiger partial charge in [-0.2, -0.15) is 11.8 Å². The zero-order chi connectivity index (χ0) is 15.3. The summed E-state index contributed by atoms with van der Waals surface area (Å²) in [6.45, 7) is 8.38. The monoisotopic (exact) mass is 315 g/mol. The number of hydrogen-bond acceptors (Lipinski definition) is 5. The van der Waals surface area contributed by atoms with Crippen LogP contribution in [0.5, 0.6) is 0 Å². The number of nitrogens with one attached hydrogen (secondary N) is 1. The van der Waals surface area contributed by atoms with Crippen molar-refractivity contribution in [3.05, 3.63) is 0 Å². The summed E-state index contributed by atoms with van der Waals surface area (Å²) in [6, 6.07) is 0. The molecule has 2 rings (SSSR count). The van der Waals surface area contributed by atoms with Crippen LogP contribution in [0.25, 0.3) is 0 Å². The van der Waals surface area contributed by atoms with Crippen molar-refractivity contribution in [2.24, 2.45) is 0 Å². The van der Waals surface area contributed by atoms with E-state index in [1.54, 1.807) is 0 Å². The summed E-state index contributed by atoms with van der Waals surface area (Å²) < 4.78 is 11.0. The first-order chi connectivity index (χ1) is 10.1. The van der Waals surface area contributed by atoms with E-state index in [9.17, 15) is 4.79 Å². The fourth-order valence-electron chi connectivity index (χ4n) is 3.31. The molecule has 1 saturated heterocycles. The van der Waals surface area contributed by atoms with Gasteiger partial charge in [-0.1, -0.05) is 6.92 Å². The van der Waals surface area contributed by atoms with Crippen LogP contribution in [0.1, 0.15) is 52.9 Å². The average molecular weight is 315 g/mol. The highest BCUT2D eigenvalue weighted by molar-refractivity contribution is 8.00. The maximum Gasteiger partial charge on any atom is 0.326 e. The van der Waals surface area contributed by atoms with Gasteiger partial charge in [0.25, 0.3) is 0 Å². The minimum Gasteiger partial charge on any atom is -0.465 e. The van der Waals surface area contributed by atoms with Crippen molar-refractivity contribution in [1.82, 2.24) is 5.32 Å². The standard InChI is InChI=1S/C16H29NO3S/c1-4-9-17-16(15(18)19-5-2)8-6-13(11-16)21-14-7-10-20-12(14)3/h12-14,17H,4-11H2,1-3H3. The molecule has 2 aliphatic rings. The number of carbonyl (C=O) groups excluding carboxylic acids is 1. The zero-order valence-electron chi connectivity index (χ0n) is 13.5. The van der Waals surface area contributed by atoms with Gasteiger partial charge in [-0.15, -0.1) is 0 Å². The summed E-state index contributed by atoms with van der Waals surface area (Å²) in [6.07, 6.45) is 5.38. The van der Waals surface area contributed by atoms with Gasteiger partial charge in [0.15, 0.2) is 0 Å². The average Bonchev–Trinajstić information content (AvgIpc) is 3.06. The molecule has 0 spiro atoms. The van der Waals surface area contributed by atoms with Crippen LogP contribution in [0, 0.1) is 0 Å². The highest BCUT2D eigenvalue weighted by Crippen LogP contribution is 2.42. The van der Waals surface area contributed by atoms with E-state index in [1.807, 2.05) is 18.7 Å². The summed E-state index contributed by atoms with van der Waals surface area (Å²) >= 11 is 2.02. The SMILES string of the molecule is CCCNC1(C(=O)OCC)CCC(SC2CCOC2C)C1. The van der Waals surface area contributed by atoms with Gasteiger partial charge >= 0.3 is 5.97 Å². The van der Waals surface area contributed by atoms with E-state index in [1.165, 1.54) is 0 Å². The third kappa shape index (κ3) is 4.14. The van der Waals surface area contributed by atoms with Crippen LogP contribution in [-0.2, 0) is 14.3 Å². The second-order valence-electron chi connectivity index (χ2n) is 6.13. The highest BCUT2D eigenvalue weighted by Gasteiger charge is 2.47. The predicted molar refractivity (Wildman–Crippen MR) is 86.7 cm³/mol. The maximum absolute atomic E-state index is 12.4. The lowest BCUT2D eigenvalue weighted by Gasteiger charge is -2.28. The van der Waals surface area contributed by atoms with Gasteiger partial charge < -0.3 is 14.8 Å². The van der Waals surface area contributed by atoms with E-state index in [4.69, 9.17) is 9.47 Å². The minimum atomic E-state index is -0.452. The Bertz CT molecular complexity index is 352. The Labute approximate surface area is 132 Å². The number of esters is 1. The minimum absolute atomic E-state index is 0.0581. The van der Waals surface area contributed by atoms with E-state index in [-0.39, 0.29) is 5.97 Å². The Kier molecular flexibility index (Phi) is 6.38. The second kappa shape index (κ2) is 7.84. The van der Waals surface area contributed by atoms with Gasteiger partial charge in [-0.3, -0.25) is 4.79 Å². The highest BCUT2D eigenvalue weighted by atomic mass is 32.2. The van der Waals surface area contributed by atoms with Crippen LogP contribution in [-0.4, -0.2) is 47.9 Å². The number of hydrogen-bond donors (Lipinski definition) is 1. The fraction of sp³-hybridized carbons (Fsp3) is 0.938. The first-order valence-corrected chi connectivity index (χ1v) is 9.25. The third-order valence-corrected chi connectivity index (χ3v) is 6.28. The van der Waals surface area contributed by atoms with E-state index in [2.05, 4.69) is 19.2 Å². The molecule has 122 valence electrons. The van der Waals surface area contributed by atoms with Crippen LogP contribution in [0.4, 0.5) is 0 Å². The van der Waals surface area contributed by atoms with Gasteiger partial charge in [-0.25, -0.2) is 0 Å². The molecule has 2 fully saturated rings. The molecule has 0 radical (unpaired) electrons. The zero-order valence-corrected chi connectivity index (χ0v) is 14.3. The predicted octanol–water partition coefficient (Wildman–Crippen LogP) is 2.75. The van der Waals surface area contributed by atoms with Gasteiger partial charge in [0.05, 0.1) is 12.7 Å². The largest absolute Gasteiger partial charge is 0.465 e. The molecule has 1 heterocycles. The molecular weight excluding hydrogens is 286 g/mol. The first-order valence-electron chi connectivity index (χ1n) is 8.30. The first kappa shape index (κ1) is 17.1. The summed E-state index contributed by atoms with van der Waals surface area (Å²) in [7, 11) is 0. The smallest absolute Gasteiger partial charge is 0.326 e. The van der Waals surface area contributed by atoms with Gasteiger partial charge in [0, 0.05) is 17.1 Å². The Balaban J connectivity index is 1.95. The molecule has 4 atom stereocenters. The van der Waals surface area contributed by atoms with Gasteiger partial charge in [-0.05, 0) is 52.5 Å². The van der Waals surface area contributed by atoms with E-state index >= 15 is 0 Å². The van der Waals surface area contributed by atoms with Crippen LogP contribution in [0.15, 0.2) is 0 Å². The van der Waals surface area contributed by atoms with Crippen molar-refractivity contribution in [2.45, 2.75) is 75.0 Å². The molecule has 1 aliphatic heterocycles. The molecule has 4 unspecified atom stereocenters. The van der Waals surface area contributed by atoms with E-state index < -0.39 is 5.54 Å². The van der Waals surface area contributed by atoms with Crippen LogP contribution in [0.2, 0.25) is 0 Å². The Morgan fingerprint density at radius 2 is 2.24 bits per heavy atom. The number of carbonyl (C=O) groups is 1. The molecular formula is C16H29NO3S. The van der Waals surface area contributed by atoms with Gasteiger partial charge in [0.2, 0.25) is 0 Å². The van der Waals surface area contributed by atoms with Crippen molar-refractivity contribution in [3.63, 3.8) is 0 Å². The summed E-state index contributed by atoms with van der Waals surface area (Å²) in [4.78, 5) is 12.4. The Morgan fingerprint density at radius 3 is 2.86 bits per heavy atom. The molecule has 1 saturated carbocycles. The number of rotatable bonds is 7. The third-order valence-electron chi connectivity index (χ3n) is 4.52. The second-order valence-corrected chi connectivity index (χ2v) is 7.68. The lowest BCUT2D eigenvalue weighted by Crippen LogP contribution is -2.51. The summed E-state index contributed by atoms with van der Waals surface area (Å²) in [5, 5.41) is 4.59. The molecule has 0 aromatic heterocycles. The lowest BCUT2D eigenvalue weighted by molar-refractivity contribution is -0.151. The van der Waals surface area contributed by atoms with E-state index in [0.717, 1.165) is 45.3 Å². The topological polar surface area (TPSA) is 47.6 Å². The number of ether oxygens (including phenoxy) is 2. The lowest BCUT2D eigenvalue weighted by atomic mass is 9.97. The van der Waals surface area contributed by atoms with Crippen molar-refractivity contribution in [3.8, 4) is 0 Å². The quantitative estimate of drug-likeness (QED) is 0.732. The Hall–Kier alpha value is -0.260. The van der Waals surface area contributed by atoms with Gasteiger partial charge in [0.1, 0.15) is 5.54 Å². The molecule has 1 N–H and O–H groups in total. The van der Waals surface area contributed by atoms with Crippen LogP contribution >= 0.6 is 11.8 Å². The molecule has 4 nitrogen and oxygen atoms in total. The molecule has 0 aromatic carbocycles. The van der Waals surface area contributed by atoms with Crippen molar-refractivity contribution in [2.75, 3.05) is 19.8 Å². The Morgan fingerprint density at radius 1 is 1.43 bits per heavy atom. The molecule has 21 heavy (non-hydrogen) atoms.